The molecule has 0 aromatic rings. The van der Waals surface area contributed by atoms with E-state index in [0.717, 1.165) is 50.5 Å². The minimum Gasteiger partial charge on any atom is -0.463 e. The summed E-state index contributed by atoms with van der Waals surface area (Å²) in [4.78, 5) is 12.2. The van der Waals surface area contributed by atoms with E-state index in [1.54, 1.807) is 0 Å². The largest absolute Gasteiger partial charge is 0.463 e. The van der Waals surface area contributed by atoms with Crippen molar-refractivity contribution in [2.24, 2.45) is 5.41 Å². The molecule has 1 saturated carbocycles. The SMILES string of the molecule is CCOC(=O)/C(=C\CCC1(C)CCCC2(C1)OCCO2)CCC=C(C)C. The number of esters is 1. The second-order valence-electron chi connectivity index (χ2n) is 8.26. The van der Waals surface area contributed by atoms with Gasteiger partial charge in [-0.2, -0.15) is 0 Å². The number of carbonyl (C=O) groups excluding carboxylic acids is 1. The molecule has 0 amide bonds. The van der Waals surface area contributed by atoms with E-state index in [1.807, 2.05) is 6.92 Å². The third kappa shape index (κ3) is 6.24. The van der Waals surface area contributed by atoms with E-state index in [1.165, 1.54) is 12.0 Å². The Kier molecular flexibility index (Phi) is 7.90. The highest BCUT2D eigenvalue weighted by Crippen LogP contribution is 2.48. The van der Waals surface area contributed by atoms with Gasteiger partial charge in [0.05, 0.1) is 19.8 Å². The lowest BCUT2D eigenvalue weighted by molar-refractivity contribution is -0.200. The van der Waals surface area contributed by atoms with Crippen LogP contribution in [-0.4, -0.2) is 31.6 Å². The fraction of sp³-hybridized carbons (Fsp3) is 0.773. The van der Waals surface area contributed by atoms with Crippen LogP contribution in [0.2, 0.25) is 0 Å². The van der Waals surface area contributed by atoms with Gasteiger partial charge in [-0.05, 0) is 64.7 Å². The van der Waals surface area contributed by atoms with Crippen molar-refractivity contribution in [1.82, 2.24) is 0 Å². The molecule has 1 saturated heterocycles. The fourth-order valence-electron chi connectivity index (χ4n) is 4.19. The van der Waals surface area contributed by atoms with E-state index in [2.05, 4.69) is 32.9 Å². The number of rotatable bonds is 8. The first kappa shape index (κ1) is 21.2. The van der Waals surface area contributed by atoms with Crippen LogP contribution in [0.5, 0.6) is 0 Å². The smallest absolute Gasteiger partial charge is 0.333 e. The summed E-state index contributed by atoms with van der Waals surface area (Å²) < 4.78 is 17.1. The van der Waals surface area contributed by atoms with Crippen LogP contribution < -0.4 is 0 Å². The summed E-state index contributed by atoms with van der Waals surface area (Å²) in [5.41, 5.74) is 2.30. The first-order valence-electron chi connectivity index (χ1n) is 10.2. The van der Waals surface area contributed by atoms with Gasteiger partial charge in [0.2, 0.25) is 0 Å². The second-order valence-corrected chi connectivity index (χ2v) is 8.26. The Bertz CT molecular complexity index is 524. The molecule has 0 aromatic heterocycles. The van der Waals surface area contributed by atoms with Crippen LogP contribution in [0.3, 0.4) is 0 Å². The summed E-state index contributed by atoms with van der Waals surface area (Å²) in [6.07, 6.45) is 12.2. The van der Waals surface area contributed by atoms with Crippen LogP contribution in [0.25, 0.3) is 0 Å². The average Bonchev–Trinajstić information content (AvgIpc) is 3.00. The second kappa shape index (κ2) is 9.70. The maximum atomic E-state index is 12.2. The highest BCUT2D eigenvalue weighted by Gasteiger charge is 2.45. The van der Waals surface area contributed by atoms with Gasteiger partial charge in [0.15, 0.2) is 5.79 Å². The lowest BCUT2D eigenvalue weighted by Crippen LogP contribution is -2.41. The number of hydrogen-bond donors (Lipinski definition) is 0. The third-order valence-corrected chi connectivity index (χ3v) is 5.49. The van der Waals surface area contributed by atoms with Gasteiger partial charge in [-0.25, -0.2) is 4.79 Å². The molecular formula is C22H36O4. The molecule has 1 spiro atoms. The summed E-state index contributed by atoms with van der Waals surface area (Å²) in [5, 5.41) is 0. The summed E-state index contributed by atoms with van der Waals surface area (Å²) in [5.74, 6) is -0.508. The van der Waals surface area contributed by atoms with E-state index < -0.39 is 0 Å². The quantitative estimate of drug-likeness (QED) is 0.332. The normalized spacial score (nSPS) is 25.3. The number of carbonyl (C=O) groups is 1. The Morgan fingerprint density at radius 2 is 1.85 bits per heavy atom. The lowest BCUT2D eigenvalue weighted by Gasteiger charge is -2.43. The monoisotopic (exact) mass is 364 g/mol. The Labute approximate surface area is 159 Å². The molecule has 26 heavy (non-hydrogen) atoms. The molecular weight excluding hydrogens is 328 g/mol. The summed E-state index contributed by atoms with van der Waals surface area (Å²) >= 11 is 0. The summed E-state index contributed by atoms with van der Waals surface area (Å²) in [6.45, 7) is 10.2. The van der Waals surface area contributed by atoms with Crippen LogP contribution in [0.4, 0.5) is 0 Å². The lowest BCUT2D eigenvalue weighted by atomic mass is 9.70. The zero-order chi connectivity index (χ0) is 19.0. The number of allylic oxidation sites excluding steroid dienone is 3. The van der Waals surface area contributed by atoms with Gasteiger partial charge in [-0.15, -0.1) is 0 Å². The van der Waals surface area contributed by atoms with Crippen molar-refractivity contribution in [3.05, 3.63) is 23.3 Å². The Balaban J connectivity index is 1.94. The van der Waals surface area contributed by atoms with Crippen molar-refractivity contribution in [3.63, 3.8) is 0 Å². The molecule has 2 fully saturated rings. The highest BCUT2D eigenvalue weighted by atomic mass is 16.7. The van der Waals surface area contributed by atoms with Crippen molar-refractivity contribution in [2.75, 3.05) is 19.8 Å². The van der Waals surface area contributed by atoms with Gasteiger partial charge in [0.25, 0.3) is 0 Å². The minimum atomic E-state index is -0.343. The zero-order valence-corrected chi connectivity index (χ0v) is 17.1. The standard InChI is InChI=1S/C22H36O4/c1-5-24-20(23)19(10-6-9-18(2)3)11-7-12-21(4)13-8-14-22(17-21)25-15-16-26-22/h9,11H,5-8,10,12-17H2,1-4H3/b19-11-. The molecule has 4 heteroatoms. The van der Waals surface area contributed by atoms with Gasteiger partial charge in [0, 0.05) is 18.4 Å². The molecule has 2 aliphatic rings. The Morgan fingerprint density at radius 1 is 1.12 bits per heavy atom. The van der Waals surface area contributed by atoms with Crippen LogP contribution in [-0.2, 0) is 19.0 Å². The first-order valence-corrected chi connectivity index (χ1v) is 10.2. The molecule has 2 rings (SSSR count). The van der Waals surface area contributed by atoms with E-state index in [4.69, 9.17) is 14.2 Å². The Hall–Kier alpha value is -1.13. The predicted molar refractivity (Wildman–Crippen MR) is 104 cm³/mol. The number of ether oxygens (including phenoxy) is 3. The summed E-state index contributed by atoms with van der Waals surface area (Å²) in [6, 6.07) is 0. The third-order valence-electron chi connectivity index (χ3n) is 5.49. The maximum Gasteiger partial charge on any atom is 0.333 e. The van der Waals surface area contributed by atoms with Crippen molar-refractivity contribution in [2.45, 2.75) is 84.8 Å². The fourth-order valence-corrected chi connectivity index (χ4v) is 4.19. The van der Waals surface area contributed by atoms with Crippen LogP contribution in [0.1, 0.15) is 79.1 Å². The molecule has 0 aromatic carbocycles. The maximum absolute atomic E-state index is 12.2. The molecule has 1 heterocycles. The molecule has 1 aliphatic carbocycles. The highest BCUT2D eigenvalue weighted by molar-refractivity contribution is 5.88. The average molecular weight is 365 g/mol. The molecule has 0 N–H and O–H groups in total. The number of hydrogen-bond acceptors (Lipinski definition) is 4. The topological polar surface area (TPSA) is 44.8 Å². The van der Waals surface area contributed by atoms with Gasteiger partial charge in [-0.3, -0.25) is 0 Å². The zero-order valence-electron chi connectivity index (χ0n) is 17.1. The van der Waals surface area contributed by atoms with E-state index >= 15 is 0 Å². The van der Waals surface area contributed by atoms with E-state index in [9.17, 15) is 4.79 Å². The van der Waals surface area contributed by atoms with Crippen molar-refractivity contribution < 1.29 is 19.0 Å². The molecule has 1 atom stereocenters. The van der Waals surface area contributed by atoms with Crippen LogP contribution in [0, 0.1) is 5.41 Å². The summed E-state index contributed by atoms with van der Waals surface area (Å²) in [7, 11) is 0. The Morgan fingerprint density at radius 3 is 2.50 bits per heavy atom. The molecule has 148 valence electrons. The molecule has 1 aliphatic heterocycles. The van der Waals surface area contributed by atoms with Crippen LogP contribution in [0.15, 0.2) is 23.3 Å². The van der Waals surface area contributed by atoms with Gasteiger partial charge >= 0.3 is 5.97 Å². The van der Waals surface area contributed by atoms with Gasteiger partial charge < -0.3 is 14.2 Å². The first-order chi connectivity index (χ1) is 12.4. The molecule has 1 unspecified atom stereocenters. The molecule has 4 nitrogen and oxygen atoms in total. The van der Waals surface area contributed by atoms with Crippen molar-refractivity contribution >= 4 is 5.97 Å². The minimum absolute atomic E-state index is 0.164. The van der Waals surface area contributed by atoms with E-state index in [-0.39, 0.29) is 17.2 Å². The van der Waals surface area contributed by atoms with E-state index in [0.29, 0.717) is 19.8 Å². The van der Waals surface area contributed by atoms with Gasteiger partial charge in [0.1, 0.15) is 0 Å². The predicted octanol–water partition coefficient (Wildman–Crippen LogP) is 5.33. The van der Waals surface area contributed by atoms with Crippen molar-refractivity contribution in [1.29, 1.82) is 0 Å². The van der Waals surface area contributed by atoms with Crippen LogP contribution >= 0.6 is 0 Å². The molecule has 0 radical (unpaired) electrons. The molecule has 0 bridgehead atoms. The van der Waals surface area contributed by atoms with Crippen molar-refractivity contribution in [3.8, 4) is 0 Å². The van der Waals surface area contributed by atoms with Gasteiger partial charge in [-0.1, -0.05) is 24.6 Å².